The topological polar surface area (TPSA) is 118 Å². The number of hydrogen-bond donors (Lipinski definition) is 2. The van der Waals surface area contributed by atoms with Crippen molar-refractivity contribution in [3.8, 4) is 0 Å². The third kappa shape index (κ3) is 6.27. The van der Waals surface area contributed by atoms with Gasteiger partial charge < -0.3 is 14.6 Å². The molecule has 0 spiro atoms. The molecule has 2 aromatic rings. The lowest BCUT2D eigenvalue weighted by Crippen LogP contribution is -2.41. The molecule has 0 saturated carbocycles. The first kappa shape index (κ1) is 24.6. The molecule has 32 heavy (non-hydrogen) atoms. The minimum Gasteiger partial charge on any atom is -0.361 e. The predicted octanol–water partition coefficient (Wildman–Crippen LogP) is 2.68. The summed E-state index contributed by atoms with van der Waals surface area (Å²) in [6.07, 6.45) is 3.95. The van der Waals surface area contributed by atoms with Gasteiger partial charge in [0.05, 0.1) is 11.4 Å². The largest absolute Gasteiger partial charge is 0.361 e. The van der Waals surface area contributed by atoms with E-state index in [9.17, 15) is 13.2 Å². The molecule has 1 aliphatic rings. The van der Waals surface area contributed by atoms with Crippen molar-refractivity contribution >= 4 is 41.1 Å². The number of carbonyl (C=O) groups is 1. The second-order valence-electron chi connectivity index (χ2n) is 9.63. The summed E-state index contributed by atoms with van der Waals surface area (Å²) in [5, 5.41) is 5.03. The van der Waals surface area contributed by atoms with E-state index in [1.165, 1.54) is 10.5 Å². The number of aromatic nitrogens is 3. The van der Waals surface area contributed by atoms with Crippen LogP contribution in [0.25, 0.3) is 11.2 Å². The predicted molar refractivity (Wildman–Crippen MR) is 128 cm³/mol. The maximum absolute atomic E-state index is 12.4. The van der Waals surface area contributed by atoms with Gasteiger partial charge in [-0.1, -0.05) is 19.6 Å². The van der Waals surface area contributed by atoms with Gasteiger partial charge in [-0.25, -0.2) is 23.2 Å². The van der Waals surface area contributed by atoms with E-state index in [-0.39, 0.29) is 12.6 Å². The van der Waals surface area contributed by atoms with Crippen molar-refractivity contribution in [2.45, 2.75) is 64.0 Å². The molecule has 1 unspecified atom stereocenters. The first-order valence-electron chi connectivity index (χ1n) is 10.9. The van der Waals surface area contributed by atoms with Gasteiger partial charge in [0.2, 0.25) is 10.0 Å². The highest BCUT2D eigenvalue weighted by Crippen LogP contribution is 2.18. The van der Waals surface area contributed by atoms with Crippen LogP contribution in [0.15, 0.2) is 18.5 Å². The van der Waals surface area contributed by atoms with Crippen LogP contribution in [-0.2, 0) is 21.5 Å². The lowest BCUT2D eigenvalue weighted by Gasteiger charge is -2.19. The quantitative estimate of drug-likeness (QED) is 0.419. The Morgan fingerprint density at radius 1 is 1.34 bits per heavy atom. The molecule has 12 heteroatoms. The van der Waals surface area contributed by atoms with Gasteiger partial charge >= 0.3 is 6.03 Å². The summed E-state index contributed by atoms with van der Waals surface area (Å²) >= 11 is 0. The number of nitrogens with zero attached hydrogens (tertiary/aromatic N) is 4. The summed E-state index contributed by atoms with van der Waals surface area (Å²) in [6, 6.07) is 2.26. The lowest BCUT2D eigenvalue weighted by atomic mass is 10.3. The van der Waals surface area contributed by atoms with Gasteiger partial charge in [-0.2, -0.15) is 4.31 Å². The molecule has 0 radical (unpaired) electrons. The summed E-state index contributed by atoms with van der Waals surface area (Å²) in [6.45, 7) is 12.1. The molecule has 3 rings (SSSR count). The van der Waals surface area contributed by atoms with E-state index in [0.29, 0.717) is 36.7 Å². The number of carbonyl (C=O) groups excluding carboxylic acids is 1. The Kier molecular flexibility index (Phi) is 7.58. The van der Waals surface area contributed by atoms with Crippen molar-refractivity contribution in [3.63, 3.8) is 0 Å². The van der Waals surface area contributed by atoms with Crippen molar-refractivity contribution in [3.05, 3.63) is 18.5 Å². The molecule has 0 aliphatic carbocycles. The van der Waals surface area contributed by atoms with E-state index in [4.69, 9.17) is 4.74 Å². The van der Waals surface area contributed by atoms with Gasteiger partial charge in [-0.3, -0.25) is 5.32 Å². The Bertz CT molecular complexity index is 1050. The first-order chi connectivity index (χ1) is 15.0. The number of anilines is 1. The Morgan fingerprint density at radius 3 is 2.78 bits per heavy atom. The number of rotatable bonds is 9. The van der Waals surface area contributed by atoms with Crippen molar-refractivity contribution in [2.24, 2.45) is 0 Å². The molecule has 2 N–H and O–H groups in total. The molecule has 2 aromatic heterocycles. The van der Waals surface area contributed by atoms with E-state index in [1.54, 1.807) is 13.8 Å². The number of ether oxygens (including phenoxy) is 1. The van der Waals surface area contributed by atoms with Gasteiger partial charge in [0.15, 0.2) is 11.5 Å². The van der Waals surface area contributed by atoms with E-state index >= 15 is 0 Å². The lowest BCUT2D eigenvalue weighted by molar-refractivity contribution is 0.0899. The molecular weight excluding hydrogens is 448 g/mol. The third-order valence-corrected chi connectivity index (χ3v) is 9.32. The molecule has 2 amide bonds. The SMILES string of the molecule is CC(C)S(=O)(=O)N1CCC(NC(=O)Nc2cnc3c(ccn3COCC[Si](C)(C)C)n2)C1. The van der Waals surface area contributed by atoms with Crippen molar-refractivity contribution in [1.29, 1.82) is 0 Å². The van der Waals surface area contributed by atoms with Crippen LogP contribution in [0.2, 0.25) is 25.7 Å². The van der Waals surface area contributed by atoms with E-state index in [1.807, 2.05) is 16.8 Å². The fourth-order valence-corrected chi connectivity index (χ4v) is 5.48. The van der Waals surface area contributed by atoms with Gasteiger partial charge in [0.1, 0.15) is 12.2 Å². The monoisotopic (exact) mass is 482 g/mol. The number of amides is 2. The third-order valence-electron chi connectivity index (χ3n) is 5.37. The normalized spacial score (nSPS) is 17.9. The Labute approximate surface area is 190 Å². The Hall–Kier alpha value is -2.02. The standard InChI is InChI=1S/C20H34N6O4SSi/c1-15(2)31(28,29)26-9-6-16(13-26)22-20(27)24-18-12-21-19-17(23-18)7-8-25(19)14-30-10-11-32(3,4)5/h7-8,12,15-16H,6,9-11,13-14H2,1-5H3,(H2,22,23,24,27). The molecule has 1 aliphatic heterocycles. The van der Waals surface area contributed by atoms with E-state index < -0.39 is 29.4 Å². The number of urea groups is 1. The van der Waals surface area contributed by atoms with Crippen LogP contribution in [0.3, 0.4) is 0 Å². The summed E-state index contributed by atoms with van der Waals surface area (Å²) < 4.78 is 33.7. The maximum atomic E-state index is 12.4. The van der Waals surface area contributed by atoms with E-state index in [2.05, 4.69) is 40.2 Å². The van der Waals surface area contributed by atoms with Crippen LogP contribution in [-0.4, -0.2) is 72.4 Å². The van der Waals surface area contributed by atoms with Crippen LogP contribution in [0.5, 0.6) is 0 Å². The van der Waals surface area contributed by atoms with Crippen molar-refractivity contribution in [1.82, 2.24) is 24.2 Å². The average Bonchev–Trinajstić information content (AvgIpc) is 3.31. The first-order valence-corrected chi connectivity index (χ1v) is 16.1. The summed E-state index contributed by atoms with van der Waals surface area (Å²) in [7, 11) is -4.44. The summed E-state index contributed by atoms with van der Waals surface area (Å²) in [5.41, 5.74) is 1.35. The highest BCUT2D eigenvalue weighted by atomic mass is 32.2. The second-order valence-corrected chi connectivity index (χ2v) is 17.7. The smallest absolute Gasteiger partial charge is 0.320 e. The Morgan fingerprint density at radius 2 is 2.09 bits per heavy atom. The van der Waals surface area contributed by atoms with Crippen LogP contribution in [0.1, 0.15) is 20.3 Å². The molecule has 178 valence electrons. The molecular formula is C20H34N6O4SSi. The van der Waals surface area contributed by atoms with Gasteiger partial charge in [-0.15, -0.1) is 0 Å². The second kappa shape index (κ2) is 9.85. The van der Waals surface area contributed by atoms with Crippen molar-refractivity contribution in [2.75, 3.05) is 25.0 Å². The molecule has 1 saturated heterocycles. The molecule has 1 atom stereocenters. The zero-order valence-corrected chi connectivity index (χ0v) is 21.3. The fourth-order valence-electron chi connectivity index (χ4n) is 3.38. The molecule has 0 bridgehead atoms. The highest BCUT2D eigenvalue weighted by Gasteiger charge is 2.33. The van der Waals surface area contributed by atoms with Crippen LogP contribution < -0.4 is 10.6 Å². The number of nitrogens with one attached hydrogen (secondary N) is 2. The molecule has 10 nitrogen and oxygen atoms in total. The number of fused-ring (bicyclic) bond motifs is 1. The fraction of sp³-hybridized carbons (Fsp3) is 0.650. The zero-order valence-electron chi connectivity index (χ0n) is 19.5. The van der Waals surface area contributed by atoms with Crippen LogP contribution >= 0.6 is 0 Å². The van der Waals surface area contributed by atoms with Crippen molar-refractivity contribution < 1.29 is 17.9 Å². The minimum absolute atomic E-state index is 0.241. The van der Waals surface area contributed by atoms with Gasteiger partial charge in [-0.05, 0) is 32.4 Å². The highest BCUT2D eigenvalue weighted by molar-refractivity contribution is 7.89. The average molecular weight is 483 g/mol. The minimum atomic E-state index is -3.31. The van der Waals surface area contributed by atoms with Gasteiger partial charge in [0.25, 0.3) is 0 Å². The summed E-state index contributed by atoms with van der Waals surface area (Å²) in [4.78, 5) is 21.2. The zero-order chi connectivity index (χ0) is 23.5. The van der Waals surface area contributed by atoms with Crippen LogP contribution in [0.4, 0.5) is 10.6 Å². The van der Waals surface area contributed by atoms with E-state index in [0.717, 1.165) is 12.7 Å². The van der Waals surface area contributed by atoms with Crippen LogP contribution in [0, 0.1) is 0 Å². The maximum Gasteiger partial charge on any atom is 0.320 e. The molecule has 1 fully saturated rings. The Balaban J connectivity index is 1.53. The summed E-state index contributed by atoms with van der Waals surface area (Å²) in [5.74, 6) is 0.331. The number of hydrogen-bond acceptors (Lipinski definition) is 6. The molecule has 0 aromatic carbocycles. The molecule has 3 heterocycles. The number of sulfonamides is 1. The van der Waals surface area contributed by atoms with Gasteiger partial charge in [0, 0.05) is 40.0 Å².